The summed E-state index contributed by atoms with van der Waals surface area (Å²) in [5, 5.41) is 0. The quantitative estimate of drug-likeness (QED) is 0.791. The molecule has 0 bridgehead atoms. The molecule has 4 heteroatoms. The molecular weight excluding hydrogens is 226 g/mol. The van der Waals surface area contributed by atoms with Crippen molar-refractivity contribution in [3.8, 4) is 5.75 Å². The molecule has 1 aromatic heterocycles. The zero-order chi connectivity index (χ0) is 12.6. The summed E-state index contributed by atoms with van der Waals surface area (Å²) in [7, 11) is 0. The fourth-order valence-electron chi connectivity index (χ4n) is 1.66. The monoisotopic (exact) mass is 243 g/mol. The van der Waals surface area contributed by atoms with E-state index in [-0.39, 0.29) is 6.04 Å². The summed E-state index contributed by atoms with van der Waals surface area (Å²) in [4.78, 5) is 8.20. The molecule has 1 heterocycles. The van der Waals surface area contributed by atoms with Crippen LogP contribution in [0.15, 0.2) is 48.9 Å². The van der Waals surface area contributed by atoms with Crippen LogP contribution in [0.2, 0.25) is 0 Å². The maximum Gasteiger partial charge on any atom is 0.119 e. The lowest BCUT2D eigenvalue weighted by atomic mass is 10.1. The third-order valence-electron chi connectivity index (χ3n) is 2.63. The zero-order valence-corrected chi connectivity index (χ0v) is 10.2. The lowest BCUT2D eigenvalue weighted by Crippen LogP contribution is -2.13. The van der Waals surface area contributed by atoms with Crippen molar-refractivity contribution in [2.75, 3.05) is 6.61 Å². The number of nitrogens with two attached hydrogens (primary N) is 1. The number of aromatic nitrogens is 2. The minimum absolute atomic E-state index is 0.0712. The Balaban J connectivity index is 1.70. The van der Waals surface area contributed by atoms with Crippen molar-refractivity contribution >= 4 is 0 Å². The predicted octanol–water partition coefficient (Wildman–Crippen LogP) is 2.34. The largest absolute Gasteiger partial charge is 0.494 e. The maximum atomic E-state index is 6.02. The molecule has 0 aliphatic carbocycles. The first-order chi connectivity index (χ1) is 8.86. The molecule has 1 aromatic carbocycles. The molecule has 0 aliphatic rings. The second-order valence-electron chi connectivity index (χ2n) is 4.04. The summed E-state index contributed by atoms with van der Waals surface area (Å²) in [6, 6.07) is 9.71. The van der Waals surface area contributed by atoms with E-state index in [1.165, 1.54) is 0 Å². The number of para-hydroxylation sites is 1. The summed E-state index contributed by atoms with van der Waals surface area (Å²) in [6.07, 6.45) is 6.76. The fraction of sp³-hybridized carbons (Fsp3) is 0.286. The third-order valence-corrected chi connectivity index (χ3v) is 2.63. The Bertz CT molecular complexity index is 447. The molecule has 94 valence electrons. The van der Waals surface area contributed by atoms with Crippen molar-refractivity contribution in [3.05, 3.63) is 54.6 Å². The van der Waals surface area contributed by atoms with E-state index in [0.717, 1.165) is 24.3 Å². The van der Waals surface area contributed by atoms with Crippen molar-refractivity contribution in [2.45, 2.75) is 18.9 Å². The van der Waals surface area contributed by atoms with Crippen LogP contribution in [0.5, 0.6) is 5.75 Å². The van der Waals surface area contributed by atoms with Gasteiger partial charge in [0.05, 0.1) is 12.3 Å². The molecule has 0 aliphatic heterocycles. The van der Waals surface area contributed by atoms with Gasteiger partial charge in [-0.2, -0.15) is 0 Å². The molecule has 0 spiro atoms. The van der Waals surface area contributed by atoms with Crippen LogP contribution in [-0.4, -0.2) is 16.6 Å². The lowest BCUT2D eigenvalue weighted by molar-refractivity contribution is 0.301. The molecule has 0 fully saturated rings. The second-order valence-corrected chi connectivity index (χ2v) is 4.04. The van der Waals surface area contributed by atoms with E-state index in [1.807, 2.05) is 30.3 Å². The highest BCUT2D eigenvalue weighted by atomic mass is 16.5. The van der Waals surface area contributed by atoms with Crippen LogP contribution in [0.25, 0.3) is 0 Å². The van der Waals surface area contributed by atoms with E-state index >= 15 is 0 Å². The number of nitrogens with zero attached hydrogens (tertiary/aromatic N) is 2. The summed E-state index contributed by atoms with van der Waals surface area (Å²) in [5.74, 6) is 0.894. The average molecular weight is 243 g/mol. The SMILES string of the molecule is NC(CCCOc1ccccc1)c1cnccn1. The van der Waals surface area contributed by atoms with Gasteiger partial charge in [-0.3, -0.25) is 9.97 Å². The van der Waals surface area contributed by atoms with Gasteiger partial charge in [0, 0.05) is 24.6 Å². The molecule has 0 saturated heterocycles. The number of hydrogen-bond acceptors (Lipinski definition) is 4. The van der Waals surface area contributed by atoms with Crippen LogP contribution in [0.1, 0.15) is 24.6 Å². The summed E-state index contributed by atoms with van der Waals surface area (Å²) < 4.78 is 5.60. The highest BCUT2D eigenvalue weighted by molar-refractivity contribution is 5.20. The highest BCUT2D eigenvalue weighted by Crippen LogP contribution is 2.13. The van der Waals surface area contributed by atoms with E-state index in [1.54, 1.807) is 18.6 Å². The van der Waals surface area contributed by atoms with Crippen LogP contribution >= 0.6 is 0 Å². The first-order valence-corrected chi connectivity index (χ1v) is 6.05. The van der Waals surface area contributed by atoms with Gasteiger partial charge in [0.2, 0.25) is 0 Å². The van der Waals surface area contributed by atoms with Gasteiger partial charge >= 0.3 is 0 Å². The Labute approximate surface area is 107 Å². The molecule has 1 atom stereocenters. The molecule has 0 radical (unpaired) electrons. The van der Waals surface area contributed by atoms with Gasteiger partial charge in [0.15, 0.2) is 0 Å². The van der Waals surface area contributed by atoms with Crippen LogP contribution in [0.3, 0.4) is 0 Å². The molecule has 2 N–H and O–H groups in total. The normalized spacial score (nSPS) is 12.1. The van der Waals surface area contributed by atoms with Crippen molar-refractivity contribution < 1.29 is 4.74 Å². The summed E-state index contributed by atoms with van der Waals surface area (Å²) in [5.41, 5.74) is 6.85. The van der Waals surface area contributed by atoms with Gasteiger partial charge in [-0.25, -0.2) is 0 Å². The Morgan fingerprint density at radius 2 is 2.00 bits per heavy atom. The zero-order valence-electron chi connectivity index (χ0n) is 10.2. The van der Waals surface area contributed by atoms with Crippen molar-refractivity contribution in [1.29, 1.82) is 0 Å². The first-order valence-electron chi connectivity index (χ1n) is 6.05. The van der Waals surface area contributed by atoms with Gasteiger partial charge in [0.25, 0.3) is 0 Å². The topological polar surface area (TPSA) is 61.0 Å². The molecule has 2 aromatic rings. The third kappa shape index (κ3) is 3.82. The van der Waals surface area contributed by atoms with Gasteiger partial charge in [-0.15, -0.1) is 0 Å². The fourth-order valence-corrected chi connectivity index (χ4v) is 1.66. The molecular formula is C14H17N3O. The smallest absolute Gasteiger partial charge is 0.119 e. The Hall–Kier alpha value is -1.94. The average Bonchev–Trinajstić information content (AvgIpc) is 2.45. The molecule has 1 unspecified atom stereocenters. The Morgan fingerprint density at radius 1 is 1.17 bits per heavy atom. The van der Waals surface area contributed by atoms with Crippen molar-refractivity contribution in [3.63, 3.8) is 0 Å². The van der Waals surface area contributed by atoms with Crippen molar-refractivity contribution in [2.24, 2.45) is 5.73 Å². The second kappa shape index (κ2) is 6.71. The number of benzene rings is 1. The lowest BCUT2D eigenvalue weighted by Gasteiger charge is -2.10. The molecule has 18 heavy (non-hydrogen) atoms. The minimum atomic E-state index is -0.0712. The number of ether oxygens (including phenoxy) is 1. The van der Waals surface area contributed by atoms with E-state index in [2.05, 4.69) is 9.97 Å². The van der Waals surface area contributed by atoms with E-state index in [9.17, 15) is 0 Å². The van der Waals surface area contributed by atoms with Gasteiger partial charge < -0.3 is 10.5 Å². The van der Waals surface area contributed by atoms with Crippen LogP contribution in [-0.2, 0) is 0 Å². The Morgan fingerprint density at radius 3 is 2.72 bits per heavy atom. The molecule has 4 nitrogen and oxygen atoms in total. The van der Waals surface area contributed by atoms with Crippen LogP contribution < -0.4 is 10.5 Å². The van der Waals surface area contributed by atoms with E-state index < -0.39 is 0 Å². The minimum Gasteiger partial charge on any atom is -0.494 e. The number of hydrogen-bond donors (Lipinski definition) is 1. The van der Waals surface area contributed by atoms with E-state index in [0.29, 0.717) is 6.61 Å². The molecule has 0 saturated carbocycles. The number of rotatable bonds is 6. The molecule has 2 rings (SSSR count). The van der Waals surface area contributed by atoms with Crippen LogP contribution in [0.4, 0.5) is 0 Å². The Kier molecular flexibility index (Phi) is 4.67. The van der Waals surface area contributed by atoms with Gasteiger partial charge in [-0.1, -0.05) is 18.2 Å². The van der Waals surface area contributed by atoms with Gasteiger partial charge in [-0.05, 0) is 25.0 Å². The maximum absolute atomic E-state index is 6.02. The summed E-state index contributed by atoms with van der Waals surface area (Å²) in [6.45, 7) is 0.665. The van der Waals surface area contributed by atoms with E-state index in [4.69, 9.17) is 10.5 Å². The van der Waals surface area contributed by atoms with Crippen molar-refractivity contribution in [1.82, 2.24) is 9.97 Å². The predicted molar refractivity (Wildman–Crippen MR) is 70.1 cm³/mol. The van der Waals surface area contributed by atoms with Crippen LogP contribution in [0, 0.1) is 0 Å². The standard InChI is InChI=1S/C14H17N3O/c15-13(14-11-16-8-9-17-14)7-4-10-18-12-5-2-1-3-6-12/h1-3,5-6,8-9,11,13H,4,7,10,15H2. The summed E-state index contributed by atoms with van der Waals surface area (Å²) >= 11 is 0. The first kappa shape index (κ1) is 12.5. The molecule has 0 amide bonds. The van der Waals surface area contributed by atoms with Gasteiger partial charge in [0.1, 0.15) is 5.75 Å². The highest BCUT2D eigenvalue weighted by Gasteiger charge is 2.06.